The van der Waals surface area contributed by atoms with E-state index in [4.69, 9.17) is 14.2 Å². The second-order valence-corrected chi connectivity index (χ2v) is 9.55. The Bertz CT molecular complexity index is 890. The summed E-state index contributed by atoms with van der Waals surface area (Å²) in [7, 11) is 0. The van der Waals surface area contributed by atoms with Gasteiger partial charge in [-0.3, -0.25) is 9.59 Å². The summed E-state index contributed by atoms with van der Waals surface area (Å²) in [6.45, 7) is 9.91. The van der Waals surface area contributed by atoms with Gasteiger partial charge in [-0.25, -0.2) is 4.79 Å². The smallest absolute Gasteiger partial charge is 0.341 e. The van der Waals surface area contributed by atoms with Crippen molar-refractivity contribution in [1.82, 2.24) is 0 Å². The fourth-order valence-electron chi connectivity index (χ4n) is 4.76. The highest BCUT2D eigenvalue weighted by Gasteiger charge is 2.75. The number of rotatable bonds is 4. The van der Waals surface area contributed by atoms with Crippen LogP contribution in [0.1, 0.15) is 74.4 Å². The van der Waals surface area contributed by atoms with E-state index >= 15 is 0 Å². The molecular formula is C20H25NO6S. The molecule has 1 aliphatic carbocycles. The van der Waals surface area contributed by atoms with Gasteiger partial charge in [0.05, 0.1) is 24.7 Å². The van der Waals surface area contributed by atoms with Crippen LogP contribution in [0.3, 0.4) is 0 Å². The molecule has 7 nitrogen and oxygen atoms in total. The average molecular weight is 407 g/mol. The van der Waals surface area contributed by atoms with Crippen molar-refractivity contribution in [2.24, 2.45) is 10.8 Å². The summed E-state index contributed by atoms with van der Waals surface area (Å²) in [5, 5.41) is 3.34. The van der Waals surface area contributed by atoms with Crippen LogP contribution in [0.15, 0.2) is 0 Å². The molecule has 28 heavy (non-hydrogen) atoms. The third-order valence-corrected chi connectivity index (χ3v) is 8.14. The SMILES string of the molecule is CCOC(=O)c1c(NC(=O)[C@@]23CC[C@@](C)(C(=O)O2)C3(C)C)sc2c1C(C)OC2. The van der Waals surface area contributed by atoms with Crippen LogP contribution in [-0.2, 0) is 30.4 Å². The number of esters is 2. The van der Waals surface area contributed by atoms with Gasteiger partial charge >= 0.3 is 11.9 Å². The van der Waals surface area contributed by atoms with Crippen molar-refractivity contribution < 1.29 is 28.6 Å². The molecule has 0 radical (unpaired) electrons. The highest BCUT2D eigenvalue weighted by molar-refractivity contribution is 7.17. The molecule has 152 valence electrons. The van der Waals surface area contributed by atoms with Gasteiger partial charge in [0.1, 0.15) is 10.6 Å². The zero-order valence-corrected chi connectivity index (χ0v) is 17.6. The molecule has 2 aliphatic heterocycles. The minimum Gasteiger partial charge on any atom is -0.462 e. The minimum absolute atomic E-state index is 0.235. The summed E-state index contributed by atoms with van der Waals surface area (Å²) in [6, 6.07) is 0. The zero-order chi connectivity index (χ0) is 20.5. The second kappa shape index (κ2) is 6.03. The summed E-state index contributed by atoms with van der Waals surface area (Å²) in [5.41, 5.74) is -1.45. The first-order valence-electron chi connectivity index (χ1n) is 9.58. The highest BCUT2D eigenvalue weighted by atomic mass is 32.1. The lowest BCUT2D eigenvalue weighted by atomic mass is 9.66. The van der Waals surface area contributed by atoms with Crippen molar-refractivity contribution in [2.75, 3.05) is 11.9 Å². The molecule has 1 amide bonds. The number of amides is 1. The van der Waals surface area contributed by atoms with Gasteiger partial charge in [0, 0.05) is 15.9 Å². The molecule has 3 heterocycles. The molecule has 1 saturated carbocycles. The zero-order valence-electron chi connectivity index (χ0n) is 16.8. The molecule has 0 aromatic carbocycles. The van der Waals surface area contributed by atoms with E-state index in [1.54, 1.807) is 6.92 Å². The van der Waals surface area contributed by atoms with Gasteiger partial charge in [0.15, 0.2) is 5.60 Å². The van der Waals surface area contributed by atoms with Gasteiger partial charge < -0.3 is 19.5 Å². The van der Waals surface area contributed by atoms with E-state index in [9.17, 15) is 14.4 Å². The lowest BCUT2D eigenvalue weighted by molar-refractivity contribution is -0.165. The van der Waals surface area contributed by atoms with E-state index in [0.29, 0.717) is 30.0 Å². The molecule has 2 fully saturated rings. The maximum absolute atomic E-state index is 13.4. The number of fused-ring (bicyclic) bond motifs is 3. The van der Waals surface area contributed by atoms with E-state index in [1.807, 2.05) is 27.7 Å². The van der Waals surface area contributed by atoms with Gasteiger partial charge in [-0.1, -0.05) is 13.8 Å². The number of thiophene rings is 1. The fraction of sp³-hybridized carbons (Fsp3) is 0.650. The van der Waals surface area contributed by atoms with Crippen LogP contribution < -0.4 is 5.32 Å². The van der Waals surface area contributed by atoms with Crippen LogP contribution in [0.5, 0.6) is 0 Å². The second-order valence-electron chi connectivity index (χ2n) is 8.44. The quantitative estimate of drug-likeness (QED) is 0.767. The van der Waals surface area contributed by atoms with Gasteiger partial charge in [-0.2, -0.15) is 0 Å². The number of hydrogen-bond acceptors (Lipinski definition) is 7. The summed E-state index contributed by atoms with van der Waals surface area (Å²) in [4.78, 5) is 39.4. The topological polar surface area (TPSA) is 90.9 Å². The standard InChI is InChI=1S/C20H25NO6S/c1-6-25-15(22)13-12-10(2)26-9-11(12)28-14(13)21-16(23)20-8-7-19(5,17(24)27-20)18(20,3)4/h10H,6-9H2,1-5H3,(H,21,23)/t10?,19-,20+/m0/s1. The number of carbonyl (C=O) groups excluding carboxylic acids is 3. The van der Waals surface area contributed by atoms with Crippen molar-refractivity contribution in [1.29, 1.82) is 0 Å². The number of hydrogen-bond donors (Lipinski definition) is 1. The molecule has 2 bridgehead atoms. The van der Waals surface area contributed by atoms with E-state index in [0.717, 1.165) is 10.4 Å². The normalized spacial score (nSPS) is 32.2. The first-order valence-corrected chi connectivity index (χ1v) is 10.4. The molecule has 1 saturated heterocycles. The van der Waals surface area contributed by atoms with Crippen molar-refractivity contribution >= 4 is 34.2 Å². The third kappa shape index (κ3) is 2.21. The van der Waals surface area contributed by atoms with E-state index < -0.39 is 22.4 Å². The van der Waals surface area contributed by atoms with Crippen LogP contribution in [0, 0.1) is 10.8 Å². The van der Waals surface area contributed by atoms with Crippen LogP contribution in [0.4, 0.5) is 5.00 Å². The van der Waals surface area contributed by atoms with Crippen LogP contribution >= 0.6 is 11.3 Å². The van der Waals surface area contributed by atoms with Crippen molar-refractivity contribution in [3.8, 4) is 0 Å². The number of anilines is 1. The predicted molar refractivity (Wildman–Crippen MR) is 102 cm³/mol. The van der Waals surface area contributed by atoms with Crippen molar-refractivity contribution in [3.63, 3.8) is 0 Å². The van der Waals surface area contributed by atoms with Crippen LogP contribution in [-0.4, -0.2) is 30.1 Å². The van der Waals surface area contributed by atoms with Crippen molar-refractivity contribution in [3.05, 3.63) is 16.0 Å². The first-order chi connectivity index (χ1) is 13.1. The van der Waals surface area contributed by atoms with E-state index in [-0.39, 0.29) is 24.6 Å². The predicted octanol–water partition coefficient (Wildman–Crippen LogP) is 3.58. The number of carbonyl (C=O) groups is 3. The lowest BCUT2D eigenvalue weighted by Gasteiger charge is -2.35. The lowest BCUT2D eigenvalue weighted by Crippen LogP contribution is -2.50. The third-order valence-electron chi connectivity index (χ3n) is 7.05. The largest absolute Gasteiger partial charge is 0.462 e. The molecule has 0 spiro atoms. The van der Waals surface area contributed by atoms with E-state index in [1.165, 1.54) is 11.3 Å². The molecule has 1 unspecified atom stereocenters. The molecule has 3 atom stereocenters. The molecule has 1 N–H and O–H groups in total. The number of nitrogens with one attached hydrogen (secondary N) is 1. The van der Waals surface area contributed by atoms with Crippen molar-refractivity contribution in [2.45, 2.75) is 65.8 Å². The minimum atomic E-state index is -1.23. The Labute approximate surface area is 167 Å². The molecule has 4 rings (SSSR count). The Kier molecular flexibility index (Phi) is 4.18. The van der Waals surface area contributed by atoms with Gasteiger partial charge in [0.2, 0.25) is 0 Å². The molecule has 1 aromatic rings. The Balaban J connectivity index is 1.71. The van der Waals surface area contributed by atoms with Gasteiger partial charge in [0.25, 0.3) is 5.91 Å². The molecular weight excluding hydrogens is 382 g/mol. The Morgan fingerprint density at radius 3 is 2.57 bits per heavy atom. The summed E-state index contributed by atoms with van der Waals surface area (Å²) >= 11 is 1.32. The van der Waals surface area contributed by atoms with Gasteiger partial charge in [-0.15, -0.1) is 11.3 Å². The molecule has 1 aromatic heterocycles. The maximum atomic E-state index is 13.4. The summed E-state index contributed by atoms with van der Waals surface area (Å²) in [5.74, 6) is -1.20. The monoisotopic (exact) mass is 407 g/mol. The van der Waals surface area contributed by atoms with Crippen LogP contribution in [0.2, 0.25) is 0 Å². The Hall–Kier alpha value is -1.93. The summed E-state index contributed by atoms with van der Waals surface area (Å²) in [6.07, 6.45) is 0.820. The highest BCUT2D eigenvalue weighted by Crippen LogP contribution is 2.65. The first kappa shape index (κ1) is 19.4. The van der Waals surface area contributed by atoms with Gasteiger partial charge in [-0.05, 0) is 33.6 Å². The van der Waals surface area contributed by atoms with Crippen LogP contribution in [0.25, 0.3) is 0 Å². The average Bonchev–Trinajstić information content (AvgIpc) is 3.25. The molecule has 3 aliphatic rings. The fourth-order valence-corrected chi connectivity index (χ4v) is 5.95. The Morgan fingerprint density at radius 2 is 2.00 bits per heavy atom. The number of ether oxygens (including phenoxy) is 3. The summed E-state index contributed by atoms with van der Waals surface area (Å²) < 4.78 is 16.5. The maximum Gasteiger partial charge on any atom is 0.341 e. The molecule has 8 heteroatoms. The van der Waals surface area contributed by atoms with E-state index in [2.05, 4.69) is 5.32 Å². The Morgan fingerprint density at radius 1 is 1.29 bits per heavy atom.